The predicted molar refractivity (Wildman–Crippen MR) is 71.8 cm³/mol. The molecule has 0 amide bonds. The van der Waals surface area contributed by atoms with Gasteiger partial charge in [-0.3, -0.25) is 4.79 Å². The van der Waals surface area contributed by atoms with Crippen molar-refractivity contribution in [2.24, 2.45) is 0 Å². The molecule has 0 fully saturated rings. The van der Waals surface area contributed by atoms with Crippen LogP contribution < -0.4 is 10.9 Å². The summed E-state index contributed by atoms with van der Waals surface area (Å²) in [7, 11) is 1.73. The summed E-state index contributed by atoms with van der Waals surface area (Å²) in [5, 5.41) is 3.64. The second-order valence-corrected chi connectivity index (χ2v) is 4.93. The SMILES string of the molecule is CCC(COC)NC1CCCc2[nH]c(=O)ccc21. The van der Waals surface area contributed by atoms with E-state index < -0.39 is 0 Å². The van der Waals surface area contributed by atoms with Crippen LogP contribution in [0.4, 0.5) is 0 Å². The van der Waals surface area contributed by atoms with Gasteiger partial charge >= 0.3 is 0 Å². The quantitative estimate of drug-likeness (QED) is 0.837. The fourth-order valence-corrected chi connectivity index (χ4v) is 2.64. The molecule has 2 atom stereocenters. The lowest BCUT2D eigenvalue weighted by molar-refractivity contribution is 0.156. The molecule has 1 aliphatic carbocycles. The van der Waals surface area contributed by atoms with Crippen LogP contribution in [0.25, 0.3) is 0 Å². The molecule has 1 aliphatic rings. The van der Waals surface area contributed by atoms with Crippen molar-refractivity contribution >= 4 is 0 Å². The number of aryl methyl sites for hydroxylation is 1. The second-order valence-electron chi connectivity index (χ2n) is 4.93. The van der Waals surface area contributed by atoms with Gasteiger partial charge in [0.25, 0.3) is 0 Å². The van der Waals surface area contributed by atoms with Crippen LogP contribution in [0.15, 0.2) is 16.9 Å². The number of rotatable bonds is 5. The normalized spacial score (nSPS) is 20.4. The Kier molecular flexibility index (Phi) is 4.55. The summed E-state index contributed by atoms with van der Waals surface area (Å²) in [6.07, 6.45) is 4.26. The summed E-state index contributed by atoms with van der Waals surface area (Å²) in [4.78, 5) is 14.3. The highest BCUT2D eigenvalue weighted by atomic mass is 16.5. The molecule has 2 rings (SSSR count). The molecule has 2 unspecified atom stereocenters. The van der Waals surface area contributed by atoms with Gasteiger partial charge in [0.1, 0.15) is 0 Å². The van der Waals surface area contributed by atoms with Crippen molar-refractivity contribution in [1.82, 2.24) is 10.3 Å². The molecule has 0 aliphatic heterocycles. The van der Waals surface area contributed by atoms with Crippen LogP contribution in [0.1, 0.15) is 43.5 Å². The topological polar surface area (TPSA) is 54.1 Å². The lowest BCUT2D eigenvalue weighted by Crippen LogP contribution is -2.37. The average molecular weight is 250 g/mol. The maximum Gasteiger partial charge on any atom is 0.248 e. The fourth-order valence-electron chi connectivity index (χ4n) is 2.64. The Labute approximate surface area is 108 Å². The summed E-state index contributed by atoms with van der Waals surface area (Å²) >= 11 is 0. The first-order valence-corrected chi connectivity index (χ1v) is 6.71. The van der Waals surface area contributed by atoms with Crippen LogP contribution in [-0.4, -0.2) is 24.7 Å². The third kappa shape index (κ3) is 3.00. The number of hydrogen-bond donors (Lipinski definition) is 2. The smallest absolute Gasteiger partial charge is 0.248 e. The van der Waals surface area contributed by atoms with E-state index in [1.807, 2.05) is 6.07 Å². The molecular weight excluding hydrogens is 228 g/mol. The van der Waals surface area contributed by atoms with Crippen LogP contribution in [-0.2, 0) is 11.2 Å². The van der Waals surface area contributed by atoms with Crippen molar-refractivity contribution in [3.63, 3.8) is 0 Å². The standard InChI is InChI=1S/C14H22N2O2/c1-3-10(9-18-2)15-12-5-4-6-13-11(12)7-8-14(17)16-13/h7-8,10,12,15H,3-6,9H2,1-2H3,(H,16,17). The van der Waals surface area contributed by atoms with Gasteiger partial charge in [0.05, 0.1) is 6.61 Å². The molecule has 1 aromatic rings. The number of pyridine rings is 1. The van der Waals surface area contributed by atoms with Gasteiger partial charge in [-0.1, -0.05) is 13.0 Å². The second kappa shape index (κ2) is 6.16. The minimum Gasteiger partial charge on any atom is -0.383 e. The van der Waals surface area contributed by atoms with Crippen molar-refractivity contribution in [2.45, 2.75) is 44.7 Å². The van der Waals surface area contributed by atoms with Gasteiger partial charge < -0.3 is 15.0 Å². The van der Waals surface area contributed by atoms with Crippen molar-refractivity contribution in [3.05, 3.63) is 33.7 Å². The van der Waals surface area contributed by atoms with Gasteiger partial charge in [-0.2, -0.15) is 0 Å². The van der Waals surface area contributed by atoms with Gasteiger partial charge in [-0.15, -0.1) is 0 Å². The minimum absolute atomic E-state index is 0.00154. The zero-order valence-electron chi connectivity index (χ0n) is 11.2. The highest BCUT2D eigenvalue weighted by Crippen LogP contribution is 2.28. The van der Waals surface area contributed by atoms with E-state index in [4.69, 9.17) is 4.74 Å². The van der Waals surface area contributed by atoms with E-state index in [9.17, 15) is 4.79 Å². The summed E-state index contributed by atoms with van der Waals surface area (Å²) in [6, 6.07) is 4.30. The van der Waals surface area contributed by atoms with E-state index in [1.165, 1.54) is 5.56 Å². The lowest BCUT2D eigenvalue weighted by Gasteiger charge is -2.29. The molecule has 4 heteroatoms. The average Bonchev–Trinajstić information content (AvgIpc) is 2.38. The van der Waals surface area contributed by atoms with Crippen LogP contribution in [0.2, 0.25) is 0 Å². The number of aromatic nitrogens is 1. The maximum atomic E-state index is 11.3. The van der Waals surface area contributed by atoms with Gasteiger partial charge in [-0.05, 0) is 31.2 Å². The Hall–Kier alpha value is -1.13. The first-order valence-electron chi connectivity index (χ1n) is 6.71. The lowest BCUT2D eigenvalue weighted by atomic mass is 9.90. The Morgan fingerprint density at radius 1 is 1.56 bits per heavy atom. The molecule has 0 radical (unpaired) electrons. The first kappa shape index (κ1) is 13.3. The molecule has 0 bridgehead atoms. The van der Waals surface area contributed by atoms with Gasteiger partial charge in [-0.25, -0.2) is 0 Å². The van der Waals surface area contributed by atoms with E-state index in [1.54, 1.807) is 13.2 Å². The Balaban J connectivity index is 2.14. The summed E-state index contributed by atoms with van der Waals surface area (Å²) in [5.74, 6) is 0. The number of ether oxygens (including phenoxy) is 1. The molecule has 100 valence electrons. The number of aromatic amines is 1. The van der Waals surface area contributed by atoms with Crippen LogP contribution in [0, 0.1) is 0 Å². The number of fused-ring (bicyclic) bond motifs is 1. The summed E-state index contributed by atoms with van der Waals surface area (Å²) in [5.41, 5.74) is 2.34. The highest BCUT2D eigenvalue weighted by Gasteiger charge is 2.22. The Bertz CT molecular complexity index is 442. The molecule has 0 saturated heterocycles. The van der Waals surface area contributed by atoms with Crippen molar-refractivity contribution < 1.29 is 4.74 Å². The van der Waals surface area contributed by atoms with Gasteiger partial charge in [0.15, 0.2) is 0 Å². The van der Waals surface area contributed by atoms with Crippen molar-refractivity contribution in [1.29, 1.82) is 0 Å². The number of hydrogen-bond acceptors (Lipinski definition) is 3. The van der Waals surface area contributed by atoms with Gasteiger partial charge in [0.2, 0.25) is 5.56 Å². The summed E-state index contributed by atoms with van der Waals surface area (Å²) in [6.45, 7) is 2.89. The van der Waals surface area contributed by atoms with Crippen LogP contribution in [0.5, 0.6) is 0 Å². The molecule has 1 aromatic heterocycles. The summed E-state index contributed by atoms with van der Waals surface area (Å²) < 4.78 is 5.22. The largest absolute Gasteiger partial charge is 0.383 e. The number of nitrogens with one attached hydrogen (secondary N) is 2. The fraction of sp³-hybridized carbons (Fsp3) is 0.643. The van der Waals surface area contributed by atoms with E-state index in [2.05, 4.69) is 17.2 Å². The molecule has 2 N–H and O–H groups in total. The zero-order valence-corrected chi connectivity index (χ0v) is 11.2. The van der Waals surface area contributed by atoms with E-state index in [0.717, 1.165) is 38.0 Å². The van der Waals surface area contributed by atoms with Crippen LogP contribution >= 0.6 is 0 Å². The van der Waals surface area contributed by atoms with E-state index in [-0.39, 0.29) is 5.56 Å². The molecule has 0 aromatic carbocycles. The molecule has 0 spiro atoms. The Morgan fingerprint density at radius 2 is 2.39 bits per heavy atom. The third-order valence-corrected chi connectivity index (χ3v) is 3.63. The molecule has 0 saturated carbocycles. The molecule has 1 heterocycles. The monoisotopic (exact) mass is 250 g/mol. The van der Waals surface area contributed by atoms with Crippen molar-refractivity contribution in [2.75, 3.05) is 13.7 Å². The zero-order chi connectivity index (χ0) is 13.0. The van der Waals surface area contributed by atoms with Gasteiger partial charge in [0, 0.05) is 31.0 Å². The molecule has 18 heavy (non-hydrogen) atoms. The third-order valence-electron chi connectivity index (χ3n) is 3.63. The minimum atomic E-state index is -0.00154. The maximum absolute atomic E-state index is 11.3. The molecular formula is C14H22N2O2. The van der Waals surface area contributed by atoms with E-state index >= 15 is 0 Å². The predicted octanol–water partition coefficient (Wildman–Crippen LogP) is 1.77. The number of H-pyrrole nitrogens is 1. The first-order chi connectivity index (χ1) is 8.74. The number of methoxy groups -OCH3 is 1. The van der Waals surface area contributed by atoms with E-state index in [0.29, 0.717) is 12.1 Å². The highest BCUT2D eigenvalue weighted by molar-refractivity contribution is 5.26. The van der Waals surface area contributed by atoms with Crippen molar-refractivity contribution in [3.8, 4) is 0 Å². The molecule has 4 nitrogen and oxygen atoms in total. The Morgan fingerprint density at radius 3 is 3.11 bits per heavy atom. The van der Waals surface area contributed by atoms with Crippen LogP contribution in [0.3, 0.4) is 0 Å².